The molecule has 4 rings (SSSR count). The Morgan fingerprint density at radius 1 is 1.21 bits per heavy atom. The number of hydrogen-bond acceptors (Lipinski definition) is 10. The number of ether oxygens (including phenoxy) is 1. The predicted octanol–water partition coefficient (Wildman–Crippen LogP) is 0.108. The van der Waals surface area contributed by atoms with E-state index in [1.165, 1.54) is 10.9 Å². The fourth-order valence-corrected chi connectivity index (χ4v) is 4.00. The summed E-state index contributed by atoms with van der Waals surface area (Å²) in [5, 5.41) is 32.3. The van der Waals surface area contributed by atoms with Crippen molar-refractivity contribution >= 4 is 24.8 Å². The Morgan fingerprint density at radius 3 is 2.59 bits per heavy atom. The van der Waals surface area contributed by atoms with Crippen LogP contribution in [-0.4, -0.2) is 69.5 Å². The number of anilines is 1. The third kappa shape index (κ3) is 4.46. The van der Waals surface area contributed by atoms with Crippen molar-refractivity contribution in [2.24, 2.45) is 0 Å². The van der Waals surface area contributed by atoms with E-state index in [1.807, 2.05) is 0 Å². The van der Waals surface area contributed by atoms with E-state index >= 15 is 0 Å². The number of phosphoric ester groups is 1. The zero-order valence-electron chi connectivity index (χ0n) is 17.4. The number of benzene rings is 1. The molecule has 0 aliphatic carbocycles. The van der Waals surface area contributed by atoms with Gasteiger partial charge in [-0.25, -0.2) is 28.3 Å². The van der Waals surface area contributed by atoms with Gasteiger partial charge in [-0.15, -0.1) is 0 Å². The first-order valence-electron chi connectivity index (χ1n) is 9.78. The zero-order valence-corrected chi connectivity index (χ0v) is 18.3. The molecule has 1 fully saturated rings. The average molecular weight is 503 g/mol. The van der Waals surface area contributed by atoms with Gasteiger partial charge in [0.15, 0.2) is 34.8 Å². The second-order valence-electron chi connectivity index (χ2n) is 7.50. The Hall–Kier alpha value is -2.78. The Labute approximate surface area is 189 Å². The van der Waals surface area contributed by atoms with Crippen molar-refractivity contribution < 1.29 is 47.7 Å². The van der Waals surface area contributed by atoms with Crippen molar-refractivity contribution in [1.82, 2.24) is 19.5 Å². The molecule has 2 aromatic heterocycles. The molecule has 6 N–H and O–H groups in total. The van der Waals surface area contributed by atoms with Crippen LogP contribution >= 0.6 is 7.82 Å². The zero-order chi connectivity index (χ0) is 24.8. The molecule has 0 bridgehead atoms. The number of hydrogen-bond donors (Lipinski definition) is 6. The molecule has 0 unspecified atom stereocenters. The van der Waals surface area contributed by atoms with E-state index in [1.54, 1.807) is 0 Å². The Balaban J connectivity index is 1.62. The maximum Gasteiger partial charge on any atom is 0.524 e. The first kappa shape index (κ1) is 24.3. The summed E-state index contributed by atoms with van der Waals surface area (Å²) in [5.74, 6) is -3.01. The van der Waals surface area contributed by atoms with E-state index in [4.69, 9.17) is 14.5 Å². The van der Waals surface area contributed by atoms with Gasteiger partial charge in [0.25, 0.3) is 0 Å². The molecule has 1 aliphatic heterocycles. The number of nitrogens with one attached hydrogen (secondary N) is 1. The van der Waals surface area contributed by atoms with Crippen molar-refractivity contribution in [2.45, 2.75) is 38.0 Å². The summed E-state index contributed by atoms with van der Waals surface area (Å²) in [6, 6.07) is 0.954. The molecule has 1 saturated heterocycles. The van der Waals surface area contributed by atoms with Crippen LogP contribution in [0.3, 0.4) is 0 Å². The highest BCUT2D eigenvalue weighted by molar-refractivity contribution is 7.46. The van der Waals surface area contributed by atoms with Crippen molar-refractivity contribution in [1.29, 1.82) is 0 Å². The van der Waals surface area contributed by atoms with Gasteiger partial charge in [-0.1, -0.05) is 0 Å². The highest BCUT2D eigenvalue weighted by Crippen LogP contribution is 2.40. The summed E-state index contributed by atoms with van der Waals surface area (Å²) < 4.78 is 51.1. The molecule has 0 spiro atoms. The van der Waals surface area contributed by atoms with Gasteiger partial charge in [0.05, 0.1) is 12.9 Å². The van der Waals surface area contributed by atoms with Crippen LogP contribution in [0.15, 0.2) is 18.7 Å². The summed E-state index contributed by atoms with van der Waals surface area (Å²) in [6.07, 6.45) is -2.42. The number of rotatable bonds is 7. The largest absolute Gasteiger partial charge is 0.524 e. The van der Waals surface area contributed by atoms with Crippen LogP contribution in [0.2, 0.25) is 0 Å². The number of fused-ring (bicyclic) bond motifs is 1. The van der Waals surface area contributed by atoms with Crippen LogP contribution < -0.4 is 9.84 Å². The SMILES string of the molecule is Cc1c(OP(=O)(O)O)cc(CNc2ncnc3c2ncn3[C@@H]2O[C@H](CO)[C@@H](O)[C@H]2O)c(F)c1F. The number of imidazole rings is 1. The van der Waals surface area contributed by atoms with Gasteiger partial charge >= 0.3 is 7.82 Å². The van der Waals surface area contributed by atoms with E-state index in [-0.39, 0.29) is 29.1 Å². The molecule has 184 valence electrons. The standard InChI is InChI=1S/C18H20F2N5O8P/c1-7-9(33-34(29,30)31)2-8(12(20)11(7)19)3-21-16-13-17(23-5-22-16)25(6-24-13)18-15(28)14(27)10(4-26)32-18/h2,5-6,10,14-15,18,26-28H,3-4H2,1H3,(H,21,22,23)(H2,29,30,31)/t10-,14-,15-,18-/m1/s1. The minimum atomic E-state index is -5.01. The minimum Gasteiger partial charge on any atom is -0.404 e. The van der Waals surface area contributed by atoms with Gasteiger partial charge in [-0.05, 0) is 13.0 Å². The number of halogens is 2. The molecular weight excluding hydrogens is 483 g/mol. The van der Waals surface area contributed by atoms with Crippen LogP contribution in [0.25, 0.3) is 11.2 Å². The van der Waals surface area contributed by atoms with Crippen molar-refractivity contribution in [2.75, 3.05) is 11.9 Å². The smallest absolute Gasteiger partial charge is 0.404 e. The number of phosphoric acid groups is 1. The van der Waals surface area contributed by atoms with Crippen LogP contribution in [0.5, 0.6) is 5.75 Å². The van der Waals surface area contributed by atoms with Crippen molar-refractivity contribution in [3.05, 3.63) is 41.5 Å². The van der Waals surface area contributed by atoms with Crippen LogP contribution in [0.4, 0.5) is 14.6 Å². The van der Waals surface area contributed by atoms with E-state index in [9.17, 15) is 28.7 Å². The highest BCUT2D eigenvalue weighted by Gasteiger charge is 2.44. The lowest BCUT2D eigenvalue weighted by molar-refractivity contribution is -0.0511. The molecular formula is C18H20F2N5O8P. The third-order valence-corrected chi connectivity index (χ3v) is 5.73. The molecule has 0 amide bonds. The van der Waals surface area contributed by atoms with E-state index in [0.717, 1.165) is 19.3 Å². The lowest BCUT2D eigenvalue weighted by atomic mass is 10.1. The summed E-state index contributed by atoms with van der Waals surface area (Å²) >= 11 is 0. The first-order chi connectivity index (χ1) is 16.0. The average Bonchev–Trinajstić information content (AvgIpc) is 3.33. The molecule has 13 nitrogen and oxygen atoms in total. The molecule has 1 aliphatic rings. The van der Waals surface area contributed by atoms with Gasteiger partial charge in [0, 0.05) is 17.7 Å². The normalized spacial score (nSPS) is 22.9. The summed E-state index contributed by atoms with van der Waals surface area (Å²) in [6.45, 7) is 0.224. The van der Waals surface area contributed by atoms with Gasteiger partial charge in [-0.3, -0.25) is 14.4 Å². The van der Waals surface area contributed by atoms with E-state index in [0.29, 0.717) is 0 Å². The second kappa shape index (κ2) is 9.11. The lowest BCUT2D eigenvalue weighted by Crippen LogP contribution is -2.33. The fourth-order valence-electron chi connectivity index (χ4n) is 3.55. The van der Waals surface area contributed by atoms with Crippen LogP contribution in [0.1, 0.15) is 17.4 Å². The molecule has 3 heterocycles. The highest BCUT2D eigenvalue weighted by atomic mass is 31.2. The molecule has 0 radical (unpaired) electrons. The molecule has 0 saturated carbocycles. The Morgan fingerprint density at radius 2 is 1.94 bits per heavy atom. The lowest BCUT2D eigenvalue weighted by Gasteiger charge is -2.16. The minimum absolute atomic E-state index is 0.0910. The van der Waals surface area contributed by atoms with Gasteiger partial charge in [0.2, 0.25) is 0 Å². The van der Waals surface area contributed by atoms with Crippen molar-refractivity contribution in [3.8, 4) is 5.75 Å². The maximum absolute atomic E-state index is 14.4. The monoisotopic (exact) mass is 503 g/mol. The third-order valence-electron chi connectivity index (χ3n) is 5.29. The molecule has 1 aromatic carbocycles. The summed E-state index contributed by atoms with van der Waals surface area (Å²) in [5.41, 5.74) is -0.374. The Kier molecular flexibility index (Phi) is 6.52. The topological polar surface area (TPSA) is 192 Å². The molecule has 34 heavy (non-hydrogen) atoms. The molecule has 16 heteroatoms. The van der Waals surface area contributed by atoms with Crippen molar-refractivity contribution in [3.63, 3.8) is 0 Å². The summed E-state index contributed by atoms with van der Waals surface area (Å²) in [4.78, 5) is 30.3. The molecule has 4 atom stereocenters. The number of nitrogens with zero attached hydrogens (tertiary/aromatic N) is 4. The number of aliphatic hydroxyl groups is 3. The maximum atomic E-state index is 14.4. The second-order valence-corrected chi connectivity index (χ2v) is 8.66. The van der Waals surface area contributed by atoms with Crippen LogP contribution in [-0.2, 0) is 15.8 Å². The first-order valence-corrected chi connectivity index (χ1v) is 11.3. The molecule has 3 aromatic rings. The van der Waals surface area contributed by atoms with Gasteiger partial charge in [-0.2, -0.15) is 0 Å². The van der Waals surface area contributed by atoms with E-state index < -0.39 is 61.9 Å². The van der Waals surface area contributed by atoms with E-state index in [2.05, 4.69) is 24.8 Å². The van der Waals surface area contributed by atoms with Gasteiger partial charge in [0.1, 0.15) is 30.4 Å². The van der Waals surface area contributed by atoms with Gasteiger partial charge < -0.3 is 29.9 Å². The fraction of sp³-hybridized carbons (Fsp3) is 0.389. The predicted molar refractivity (Wildman–Crippen MR) is 109 cm³/mol. The summed E-state index contributed by atoms with van der Waals surface area (Å²) in [7, 11) is -5.01. The number of aliphatic hydroxyl groups excluding tert-OH is 3. The number of aromatic nitrogens is 4. The van der Waals surface area contributed by atoms with Crippen LogP contribution in [0, 0.1) is 18.6 Å². The quantitative estimate of drug-likeness (QED) is 0.239. The Bertz CT molecular complexity index is 1270.